The van der Waals surface area contributed by atoms with Crippen molar-refractivity contribution in [3.05, 3.63) is 40.6 Å². The third-order valence-electron chi connectivity index (χ3n) is 5.47. The first-order valence-electron chi connectivity index (χ1n) is 10.0. The highest BCUT2D eigenvalue weighted by molar-refractivity contribution is 5.89. The first kappa shape index (κ1) is 23.6. The zero-order valence-corrected chi connectivity index (χ0v) is 17.7. The van der Waals surface area contributed by atoms with Gasteiger partial charge in [-0.2, -0.15) is 0 Å². The number of hydrogen-bond acceptors (Lipinski definition) is 12. The van der Waals surface area contributed by atoms with Gasteiger partial charge < -0.3 is 54.4 Å². The van der Waals surface area contributed by atoms with Crippen molar-refractivity contribution in [3.8, 4) is 40.1 Å². The largest absolute Gasteiger partial charge is 0.504 e. The summed E-state index contributed by atoms with van der Waals surface area (Å²) in [4.78, 5) is 12.7. The second-order valence-corrected chi connectivity index (χ2v) is 7.62. The minimum Gasteiger partial charge on any atom is -0.504 e. The molecule has 0 unspecified atom stereocenters. The molecule has 1 aromatic heterocycles. The Morgan fingerprint density at radius 3 is 2.35 bits per heavy atom. The minimum absolute atomic E-state index is 0.00356. The predicted octanol–water partition coefficient (Wildman–Crippen LogP) is -0.236. The van der Waals surface area contributed by atoms with Gasteiger partial charge in [0.2, 0.25) is 12.0 Å². The first-order chi connectivity index (χ1) is 16.2. The number of phenolic OH excluding ortho intramolecular Hbond substituents is 3. The molecule has 2 aromatic carbocycles. The Balaban J connectivity index is 1.80. The van der Waals surface area contributed by atoms with Gasteiger partial charge in [-0.15, -0.1) is 0 Å². The van der Waals surface area contributed by atoms with Crippen molar-refractivity contribution in [2.75, 3.05) is 13.7 Å². The van der Waals surface area contributed by atoms with E-state index in [-0.39, 0.29) is 39.5 Å². The van der Waals surface area contributed by atoms with Crippen LogP contribution in [-0.2, 0) is 4.74 Å². The molecular formula is C22H22O12. The molecule has 182 valence electrons. The number of fused-ring (bicyclic) bond motifs is 1. The summed E-state index contributed by atoms with van der Waals surface area (Å²) in [5.41, 5.74) is -0.562. The van der Waals surface area contributed by atoms with Gasteiger partial charge in [-0.05, 0) is 18.2 Å². The molecule has 0 amide bonds. The van der Waals surface area contributed by atoms with Crippen LogP contribution in [0.5, 0.6) is 28.7 Å². The molecule has 0 radical (unpaired) electrons. The van der Waals surface area contributed by atoms with Crippen LogP contribution in [0.4, 0.5) is 0 Å². The van der Waals surface area contributed by atoms with E-state index in [2.05, 4.69) is 0 Å². The molecule has 0 spiro atoms. The van der Waals surface area contributed by atoms with Gasteiger partial charge in [0, 0.05) is 17.7 Å². The minimum atomic E-state index is -1.74. The van der Waals surface area contributed by atoms with Crippen LogP contribution >= 0.6 is 0 Å². The predicted molar refractivity (Wildman–Crippen MR) is 114 cm³/mol. The van der Waals surface area contributed by atoms with E-state index in [1.54, 1.807) is 0 Å². The van der Waals surface area contributed by atoms with E-state index in [1.165, 1.54) is 31.4 Å². The first-order valence-corrected chi connectivity index (χ1v) is 10.0. The van der Waals surface area contributed by atoms with E-state index in [4.69, 9.17) is 18.6 Å². The third-order valence-corrected chi connectivity index (χ3v) is 5.47. The van der Waals surface area contributed by atoms with Crippen LogP contribution in [0.25, 0.3) is 22.3 Å². The van der Waals surface area contributed by atoms with Gasteiger partial charge in [0.1, 0.15) is 41.1 Å². The highest BCUT2D eigenvalue weighted by Gasteiger charge is 2.45. The maximum absolute atomic E-state index is 12.7. The van der Waals surface area contributed by atoms with Crippen LogP contribution in [0.3, 0.4) is 0 Å². The Morgan fingerprint density at radius 1 is 0.971 bits per heavy atom. The molecule has 1 saturated heterocycles. The number of aromatic hydroxyl groups is 3. The van der Waals surface area contributed by atoms with Gasteiger partial charge >= 0.3 is 0 Å². The summed E-state index contributed by atoms with van der Waals surface area (Å²) in [6.45, 7) is -0.678. The fourth-order valence-electron chi connectivity index (χ4n) is 3.66. The molecule has 4 rings (SSSR count). The van der Waals surface area contributed by atoms with Crippen molar-refractivity contribution in [2.45, 2.75) is 30.7 Å². The topological polar surface area (TPSA) is 200 Å². The number of benzene rings is 2. The van der Waals surface area contributed by atoms with Crippen LogP contribution < -0.4 is 14.9 Å². The van der Waals surface area contributed by atoms with Crippen molar-refractivity contribution in [1.82, 2.24) is 0 Å². The molecule has 1 aliphatic heterocycles. The van der Waals surface area contributed by atoms with E-state index in [0.29, 0.717) is 0 Å². The summed E-state index contributed by atoms with van der Waals surface area (Å²) < 4.78 is 21.8. The summed E-state index contributed by atoms with van der Waals surface area (Å²) in [6.07, 6.45) is -7.88. The van der Waals surface area contributed by atoms with Crippen molar-refractivity contribution >= 4 is 11.0 Å². The van der Waals surface area contributed by atoms with E-state index in [9.17, 15) is 40.5 Å². The molecule has 34 heavy (non-hydrogen) atoms. The van der Waals surface area contributed by atoms with Crippen molar-refractivity contribution < 1.29 is 54.4 Å². The smallest absolute Gasteiger partial charge is 0.229 e. The fraction of sp³-hybridized carbons (Fsp3) is 0.318. The molecule has 12 heteroatoms. The van der Waals surface area contributed by atoms with Gasteiger partial charge in [-0.3, -0.25) is 4.79 Å². The van der Waals surface area contributed by atoms with Crippen LogP contribution in [-0.4, -0.2) is 80.2 Å². The zero-order valence-electron chi connectivity index (χ0n) is 17.7. The van der Waals surface area contributed by atoms with E-state index < -0.39 is 54.2 Å². The van der Waals surface area contributed by atoms with Gasteiger partial charge in [-0.1, -0.05) is 0 Å². The summed E-state index contributed by atoms with van der Waals surface area (Å²) in [5.74, 6) is -1.99. The summed E-state index contributed by atoms with van der Waals surface area (Å²) in [6, 6.07) is 6.03. The Hall–Kier alpha value is -3.55. The van der Waals surface area contributed by atoms with Gasteiger partial charge in [-0.25, -0.2) is 0 Å². The number of aliphatic hydroxyl groups excluding tert-OH is 4. The molecule has 7 N–H and O–H groups in total. The van der Waals surface area contributed by atoms with Crippen molar-refractivity contribution in [1.29, 1.82) is 0 Å². The molecule has 0 bridgehead atoms. The highest BCUT2D eigenvalue weighted by Crippen LogP contribution is 2.43. The molecule has 12 nitrogen and oxygen atoms in total. The van der Waals surface area contributed by atoms with E-state index in [0.717, 1.165) is 6.07 Å². The average Bonchev–Trinajstić information content (AvgIpc) is 2.80. The summed E-state index contributed by atoms with van der Waals surface area (Å²) in [5, 5.41) is 69.2. The quantitative estimate of drug-likeness (QED) is 0.238. The lowest BCUT2D eigenvalue weighted by molar-refractivity contribution is -0.277. The normalized spacial score (nSPS) is 24.8. The number of methoxy groups -OCH3 is 1. The molecule has 3 aromatic rings. The Kier molecular flexibility index (Phi) is 6.25. The second kappa shape index (κ2) is 9.00. The van der Waals surface area contributed by atoms with Crippen molar-refractivity contribution in [3.63, 3.8) is 0 Å². The molecule has 0 aliphatic carbocycles. The Labute approximate surface area is 191 Å². The number of phenols is 3. The number of aliphatic hydroxyl groups is 4. The van der Waals surface area contributed by atoms with Crippen LogP contribution in [0.15, 0.2) is 39.5 Å². The molecule has 0 saturated carbocycles. The van der Waals surface area contributed by atoms with Crippen molar-refractivity contribution in [2.24, 2.45) is 0 Å². The average molecular weight is 478 g/mol. The van der Waals surface area contributed by atoms with E-state index >= 15 is 0 Å². The third kappa shape index (κ3) is 3.97. The molecule has 5 atom stereocenters. The maximum atomic E-state index is 12.7. The Bertz CT molecular complexity index is 1270. The number of ether oxygens (including phenoxy) is 3. The van der Waals surface area contributed by atoms with E-state index in [1.807, 2.05) is 0 Å². The highest BCUT2D eigenvalue weighted by atomic mass is 16.7. The Morgan fingerprint density at radius 2 is 1.71 bits per heavy atom. The summed E-state index contributed by atoms with van der Waals surface area (Å²) in [7, 11) is 1.19. The fourth-order valence-corrected chi connectivity index (χ4v) is 3.66. The van der Waals surface area contributed by atoms with Crippen LogP contribution in [0, 0.1) is 0 Å². The van der Waals surface area contributed by atoms with Gasteiger partial charge in [0.05, 0.1) is 13.7 Å². The maximum Gasteiger partial charge on any atom is 0.229 e. The monoisotopic (exact) mass is 478 g/mol. The van der Waals surface area contributed by atoms with Crippen LogP contribution in [0.1, 0.15) is 0 Å². The standard InChI is InChI=1S/C22H22O12/c1-31-21-14(33-22-20(30)19(29)17(27)15(7-23)34-22)6-13-16(18(21)28)11(26)5-12(32-13)8-2-3-9(24)10(25)4-8/h2-6,15,17,19-20,22-25,27-30H,7H2,1H3/t15-,17-,19+,20-,22+/m1/s1. The number of hydrogen-bond donors (Lipinski definition) is 7. The van der Waals surface area contributed by atoms with Crippen LogP contribution in [0.2, 0.25) is 0 Å². The molecule has 1 aliphatic rings. The second-order valence-electron chi connectivity index (χ2n) is 7.62. The zero-order chi connectivity index (χ0) is 24.7. The molecular weight excluding hydrogens is 456 g/mol. The van der Waals surface area contributed by atoms with Gasteiger partial charge in [0.15, 0.2) is 28.4 Å². The SMILES string of the molecule is COc1c(O[C@H]2O[C@H](CO)[C@@H](O)[C@H](O)[C@H]2O)cc2oc(-c3ccc(O)c(O)c3)cc(=O)c2c1O. The lowest BCUT2D eigenvalue weighted by Crippen LogP contribution is -2.60. The summed E-state index contributed by atoms with van der Waals surface area (Å²) >= 11 is 0. The van der Waals surface area contributed by atoms with Gasteiger partial charge in [0.25, 0.3) is 0 Å². The molecule has 2 heterocycles. The molecule has 1 fully saturated rings. The lowest BCUT2D eigenvalue weighted by atomic mass is 9.99. The lowest BCUT2D eigenvalue weighted by Gasteiger charge is -2.39. The number of rotatable bonds is 5.